The summed E-state index contributed by atoms with van der Waals surface area (Å²) in [5.74, 6) is 1.88. The fourth-order valence-electron chi connectivity index (χ4n) is 2.62. The van der Waals surface area contributed by atoms with Crippen LogP contribution in [0.4, 0.5) is 23.1 Å². The predicted molar refractivity (Wildman–Crippen MR) is 92.3 cm³/mol. The Balaban J connectivity index is 2.22. The molecular formula is C17H19N5O. The number of carbonyl (C=O) groups is 1. The Kier molecular flexibility index (Phi) is 4.06. The first-order chi connectivity index (χ1) is 11.2. The lowest BCUT2D eigenvalue weighted by molar-refractivity contribution is 0.0994. The smallest absolute Gasteiger partial charge is 0.261 e. The van der Waals surface area contributed by atoms with Crippen molar-refractivity contribution in [2.45, 2.75) is 20.3 Å². The Labute approximate surface area is 135 Å². The maximum Gasteiger partial charge on any atom is 0.261 e. The van der Waals surface area contributed by atoms with Crippen molar-refractivity contribution in [2.75, 3.05) is 23.4 Å². The molecule has 118 valence electrons. The lowest BCUT2D eigenvalue weighted by Crippen LogP contribution is -2.25. The fraction of sp³-hybridized carbons (Fsp3) is 0.294. The summed E-state index contributed by atoms with van der Waals surface area (Å²) >= 11 is 0. The van der Waals surface area contributed by atoms with Crippen LogP contribution in [0.3, 0.4) is 0 Å². The molecule has 0 saturated carbocycles. The third-order valence-electron chi connectivity index (χ3n) is 3.76. The number of fused-ring (bicyclic) bond motifs is 2. The highest BCUT2D eigenvalue weighted by Crippen LogP contribution is 2.38. The van der Waals surface area contributed by atoms with E-state index in [0.29, 0.717) is 29.6 Å². The molecule has 0 aromatic carbocycles. The SMILES string of the molecule is CCC=Nc1ccc2c(n1)N(CC)c1ncccc1C(=O)N2C. The molecule has 1 aliphatic heterocycles. The van der Waals surface area contributed by atoms with Gasteiger partial charge in [-0.15, -0.1) is 0 Å². The highest BCUT2D eigenvalue weighted by molar-refractivity contribution is 6.12. The van der Waals surface area contributed by atoms with Gasteiger partial charge in [0.1, 0.15) is 5.82 Å². The number of hydrogen-bond acceptors (Lipinski definition) is 5. The van der Waals surface area contributed by atoms with Crippen LogP contribution in [0, 0.1) is 0 Å². The molecule has 3 rings (SSSR count). The van der Waals surface area contributed by atoms with E-state index in [1.807, 2.05) is 37.1 Å². The number of carbonyl (C=O) groups excluding carboxylic acids is 1. The minimum atomic E-state index is -0.0862. The molecule has 3 heterocycles. The second kappa shape index (κ2) is 6.16. The van der Waals surface area contributed by atoms with E-state index in [9.17, 15) is 4.79 Å². The Morgan fingerprint density at radius 2 is 2.04 bits per heavy atom. The Bertz CT molecular complexity index is 771. The number of nitrogens with zero attached hydrogens (tertiary/aromatic N) is 5. The van der Waals surface area contributed by atoms with E-state index in [1.54, 1.807) is 30.3 Å². The van der Waals surface area contributed by atoms with Crippen LogP contribution < -0.4 is 9.80 Å². The molecule has 23 heavy (non-hydrogen) atoms. The molecule has 0 N–H and O–H groups in total. The molecule has 6 nitrogen and oxygen atoms in total. The summed E-state index contributed by atoms with van der Waals surface area (Å²) in [7, 11) is 1.76. The van der Waals surface area contributed by atoms with Crippen molar-refractivity contribution in [1.82, 2.24) is 9.97 Å². The molecule has 1 amide bonds. The molecule has 0 spiro atoms. The maximum absolute atomic E-state index is 12.7. The zero-order chi connectivity index (χ0) is 16.4. The minimum Gasteiger partial charge on any atom is -0.309 e. The monoisotopic (exact) mass is 309 g/mol. The van der Waals surface area contributed by atoms with Crippen molar-refractivity contribution < 1.29 is 4.79 Å². The van der Waals surface area contributed by atoms with Crippen molar-refractivity contribution in [3.8, 4) is 0 Å². The summed E-state index contributed by atoms with van der Waals surface area (Å²) in [4.78, 5) is 29.7. The number of aliphatic imine (C=N–C) groups is 1. The van der Waals surface area contributed by atoms with Crippen LogP contribution >= 0.6 is 0 Å². The standard InChI is InChI=1S/C17H19N5O/c1-4-10-18-14-9-8-13-16(20-14)22(5-2)15-12(7-6-11-19-15)17(23)21(13)3/h6-11H,4-5H2,1-3H3. The first-order valence-corrected chi connectivity index (χ1v) is 7.71. The summed E-state index contributed by atoms with van der Waals surface area (Å²) in [6.07, 6.45) is 4.36. The number of amides is 1. The molecule has 0 unspecified atom stereocenters. The van der Waals surface area contributed by atoms with Gasteiger partial charge in [-0.25, -0.2) is 15.0 Å². The molecule has 0 radical (unpaired) electrons. The van der Waals surface area contributed by atoms with Gasteiger partial charge < -0.3 is 9.80 Å². The lowest BCUT2D eigenvalue weighted by Gasteiger charge is -2.23. The van der Waals surface area contributed by atoms with Crippen LogP contribution in [-0.4, -0.2) is 35.7 Å². The van der Waals surface area contributed by atoms with E-state index in [4.69, 9.17) is 0 Å². The normalized spacial score (nSPS) is 14.0. The van der Waals surface area contributed by atoms with E-state index < -0.39 is 0 Å². The third-order valence-corrected chi connectivity index (χ3v) is 3.76. The molecule has 0 bridgehead atoms. The summed E-state index contributed by atoms with van der Waals surface area (Å²) in [5, 5.41) is 0. The fourth-order valence-corrected chi connectivity index (χ4v) is 2.62. The summed E-state index contributed by atoms with van der Waals surface area (Å²) < 4.78 is 0. The van der Waals surface area contributed by atoms with Gasteiger partial charge in [0.15, 0.2) is 11.6 Å². The van der Waals surface area contributed by atoms with Crippen molar-refractivity contribution in [3.05, 3.63) is 36.0 Å². The topological polar surface area (TPSA) is 61.7 Å². The van der Waals surface area contributed by atoms with Crippen LogP contribution in [0.5, 0.6) is 0 Å². The highest BCUT2D eigenvalue weighted by Gasteiger charge is 2.30. The summed E-state index contributed by atoms with van der Waals surface area (Å²) in [6.45, 7) is 4.70. The van der Waals surface area contributed by atoms with E-state index in [1.165, 1.54) is 0 Å². The number of anilines is 3. The molecular weight excluding hydrogens is 290 g/mol. The van der Waals surface area contributed by atoms with Crippen LogP contribution in [0.2, 0.25) is 0 Å². The molecule has 2 aromatic rings. The minimum absolute atomic E-state index is 0.0862. The van der Waals surface area contributed by atoms with Crippen LogP contribution in [-0.2, 0) is 0 Å². The number of aromatic nitrogens is 2. The third kappa shape index (κ3) is 2.56. The summed E-state index contributed by atoms with van der Waals surface area (Å²) in [6, 6.07) is 7.29. The van der Waals surface area contributed by atoms with Crippen molar-refractivity contribution in [1.29, 1.82) is 0 Å². The Morgan fingerprint density at radius 1 is 1.22 bits per heavy atom. The molecule has 0 aliphatic carbocycles. The number of hydrogen-bond donors (Lipinski definition) is 0. The predicted octanol–water partition coefficient (Wildman–Crippen LogP) is 3.34. The quantitative estimate of drug-likeness (QED) is 0.816. The highest BCUT2D eigenvalue weighted by atomic mass is 16.2. The van der Waals surface area contributed by atoms with Crippen LogP contribution in [0.1, 0.15) is 30.6 Å². The van der Waals surface area contributed by atoms with Gasteiger partial charge in [-0.1, -0.05) is 6.92 Å². The second-order valence-corrected chi connectivity index (χ2v) is 5.22. The first kappa shape index (κ1) is 15.1. The molecule has 0 atom stereocenters. The number of pyridine rings is 2. The van der Waals surface area contributed by atoms with Gasteiger partial charge in [0.05, 0.1) is 11.3 Å². The molecule has 0 saturated heterocycles. The van der Waals surface area contributed by atoms with E-state index in [0.717, 1.165) is 12.1 Å². The maximum atomic E-state index is 12.7. The molecule has 1 aliphatic rings. The largest absolute Gasteiger partial charge is 0.309 e. The van der Waals surface area contributed by atoms with Gasteiger partial charge in [-0.3, -0.25) is 4.79 Å². The van der Waals surface area contributed by atoms with E-state index in [-0.39, 0.29) is 5.91 Å². The Hall–Kier alpha value is -2.76. The second-order valence-electron chi connectivity index (χ2n) is 5.22. The molecule has 0 fully saturated rings. The average Bonchev–Trinajstić information content (AvgIpc) is 2.67. The summed E-state index contributed by atoms with van der Waals surface area (Å²) in [5.41, 5.74) is 1.33. The van der Waals surface area contributed by atoms with Crippen molar-refractivity contribution in [3.63, 3.8) is 0 Å². The van der Waals surface area contributed by atoms with Gasteiger partial charge in [0, 0.05) is 26.0 Å². The van der Waals surface area contributed by atoms with Gasteiger partial charge in [-0.05, 0) is 37.6 Å². The first-order valence-electron chi connectivity index (χ1n) is 7.71. The van der Waals surface area contributed by atoms with Gasteiger partial charge in [0.25, 0.3) is 5.91 Å². The van der Waals surface area contributed by atoms with E-state index in [2.05, 4.69) is 15.0 Å². The van der Waals surface area contributed by atoms with Crippen molar-refractivity contribution >= 4 is 35.3 Å². The van der Waals surface area contributed by atoms with Gasteiger partial charge >= 0.3 is 0 Å². The Morgan fingerprint density at radius 3 is 2.78 bits per heavy atom. The van der Waals surface area contributed by atoms with Crippen LogP contribution in [0.25, 0.3) is 0 Å². The molecule has 6 heteroatoms. The van der Waals surface area contributed by atoms with E-state index >= 15 is 0 Å². The lowest BCUT2D eigenvalue weighted by atomic mass is 10.2. The van der Waals surface area contributed by atoms with Gasteiger partial charge in [-0.2, -0.15) is 0 Å². The van der Waals surface area contributed by atoms with Crippen LogP contribution in [0.15, 0.2) is 35.5 Å². The zero-order valence-electron chi connectivity index (χ0n) is 13.5. The molecule has 2 aromatic heterocycles. The van der Waals surface area contributed by atoms with Gasteiger partial charge in [0.2, 0.25) is 0 Å². The number of rotatable bonds is 3. The zero-order valence-corrected chi connectivity index (χ0v) is 13.5. The van der Waals surface area contributed by atoms with Crippen molar-refractivity contribution in [2.24, 2.45) is 4.99 Å². The average molecular weight is 309 g/mol.